The molecule has 0 unspecified atom stereocenters. The standard InChI is InChI=1S/C17H30N2O2/c1-5-20-11-9-19(10-12-21-6-2)17-8-7-16(14-18-4)15(3)13-17/h7-8,13,18H,5-6,9-12,14H2,1-4H3. The molecule has 0 radical (unpaired) electrons. The summed E-state index contributed by atoms with van der Waals surface area (Å²) in [6.07, 6.45) is 0. The largest absolute Gasteiger partial charge is 0.380 e. The van der Waals surface area contributed by atoms with Gasteiger partial charge in [0.05, 0.1) is 13.2 Å². The van der Waals surface area contributed by atoms with Crippen LogP contribution < -0.4 is 10.2 Å². The number of rotatable bonds is 11. The third-order valence-electron chi connectivity index (χ3n) is 3.48. The molecule has 0 saturated carbocycles. The molecule has 0 aliphatic rings. The van der Waals surface area contributed by atoms with Crippen LogP contribution in [0.25, 0.3) is 0 Å². The summed E-state index contributed by atoms with van der Waals surface area (Å²) < 4.78 is 11.0. The van der Waals surface area contributed by atoms with Crippen molar-refractivity contribution in [3.8, 4) is 0 Å². The van der Waals surface area contributed by atoms with E-state index >= 15 is 0 Å². The summed E-state index contributed by atoms with van der Waals surface area (Å²) in [5.41, 5.74) is 3.90. The zero-order valence-electron chi connectivity index (χ0n) is 13.9. The van der Waals surface area contributed by atoms with Crippen LogP contribution in [0.5, 0.6) is 0 Å². The molecule has 0 fully saturated rings. The van der Waals surface area contributed by atoms with E-state index in [4.69, 9.17) is 9.47 Å². The molecule has 0 spiro atoms. The number of anilines is 1. The molecule has 1 rings (SSSR count). The van der Waals surface area contributed by atoms with Gasteiger partial charge >= 0.3 is 0 Å². The summed E-state index contributed by atoms with van der Waals surface area (Å²) >= 11 is 0. The molecular weight excluding hydrogens is 264 g/mol. The van der Waals surface area contributed by atoms with Crippen LogP contribution in [0.4, 0.5) is 5.69 Å². The van der Waals surface area contributed by atoms with Crippen molar-refractivity contribution in [1.82, 2.24) is 5.32 Å². The van der Waals surface area contributed by atoms with Gasteiger partial charge in [-0.25, -0.2) is 0 Å². The van der Waals surface area contributed by atoms with E-state index < -0.39 is 0 Å². The maximum atomic E-state index is 5.49. The molecule has 0 saturated heterocycles. The van der Waals surface area contributed by atoms with Crippen LogP contribution in [-0.2, 0) is 16.0 Å². The number of nitrogens with zero attached hydrogens (tertiary/aromatic N) is 1. The summed E-state index contributed by atoms with van der Waals surface area (Å²) in [6, 6.07) is 6.65. The van der Waals surface area contributed by atoms with Gasteiger partial charge in [0.15, 0.2) is 0 Å². The first-order valence-corrected chi connectivity index (χ1v) is 7.87. The van der Waals surface area contributed by atoms with Crippen molar-refractivity contribution >= 4 is 5.69 Å². The molecule has 0 aliphatic carbocycles. The van der Waals surface area contributed by atoms with Gasteiger partial charge in [-0.05, 0) is 51.1 Å². The molecule has 120 valence electrons. The SMILES string of the molecule is CCOCCN(CCOCC)c1ccc(CNC)c(C)c1. The van der Waals surface area contributed by atoms with Crippen LogP contribution in [0.3, 0.4) is 0 Å². The summed E-state index contributed by atoms with van der Waals surface area (Å²) in [6.45, 7) is 11.9. The maximum Gasteiger partial charge on any atom is 0.0641 e. The van der Waals surface area contributed by atoms with E-state index in [1.165, 1.54) is 16.8 Å². The molecular formula is C17H30N2O2. The zero-order valence-corrected chi connectivity index (χ0v) is 13.9. The first-order valence-electron chi connectivity index (χ1n) is 7.87. The Morgan fingerprint density at radius 3 is 2.14 bits per heavy atom. The van der Waals surface area contributed by atoms with Crippen LogP contribution >= 0.6 is 0 Å². The number of hydrogen-bond acceptors (Lipinski definition) is 4. The third kappa shape index (κ3) is 6.46. The predicted molar refractivity (Wildman–Crippen MR) is 89.1 cm³/mol. The van der Waals surface area contributed by atoms with Crippen LogP contribution in [0, 0.1) is 6.92 Å². The highest BCUT2D eigenvalue weighted by Crippen LogP contribution is 2.19. The number of nitrogens with one attached hydrogen (secondary N) is 1. The highest BCUT2D eigenvalue weighted by molar-refractivity contribution is 5.50. The Kier molecular flexibility index (Phi) is 9.06. The minimum atomic E-state index is 0.750. The molecule has 1 aromatic carbocycles. The van der Waals surface area contributed by atoms with Gasteiger partial charge in [-0.1, -0.05) is 6.07 Å². The van der Waals surface area contributed by atoms with Crippen molar-refractivity contribution < 1.29 is 9.47 Å². The van der Waals surface area contributed by atoms with Crippen molar-refractivity contribution in [3.63, 3.8) is 0 Å². The molecule has 0 atom stereocenters. The van der Waals surface area contributed by atoms with Crippen molar-refractivity contribution in [2.75, 3.05) is 51.5 Å². The number of aryl methyl sites for hydroxylation is 1. The van der Waals surface area contributed by atoms with E-state index in [0.717, 1.165) is 46.1 Å². The Bertz CT molecular complexity index is 386. The molecule has 0 aliphatic heterocycles. The molecule has 1 N–H and O–H groups in total. The van der Waals surface area contributed by atoms with Gasteiger partial charge in [-0.3, -0.25) is 0 Å². The lowest BCUT2D eigenvalue weighted by molar-refractivity contribution is 0.141. The topological polar surface area (TPSA) is 33.7 Å². The van der Waals surface area contributed by atoms with Crippen molar-refractivity contribution in [2.24, 2.45) is 0 Å². The van der Waals surface area contributed by atoms with Crippen molar-refractivity contribution in [1.29, 1.82) is 0 Å². The Morgan fingerprint density at radius 2 is 1.67 bits per heavy atom. The number of ether oxygens (including phenoxy) is 2. The normalized spacial score (nSPS) is 10.9. The monoisotopic (exact) mass is 294 g/mol. The summed E-state index contributed by atoms with van der Waals surface area (Å²) in [4.78, 5) is 2.33. The lowest BCUT2D eigenvalue weighted by Gasteiger charge is -2.25. The van der Waals surface area contributed by atoms with E-state index in [9.17, 15) is 0 Å². The molecule has 4 heteroatoms. The van der Waals surface area contributed by atoms with Gasteiger partial charge in [-0.15, -0.1) is 0 Å². The van der Waals surface area contributed by atoms with E-state index in [0.29, 0.717) is 0 Å². The van der Waals surface area contributed by atoms with Crippen LogP contribution in [0.15, 0.2) is 18.2 Å². The second-order valence-corrected chi connectivity index (χ2v) is 5.02. The minimum absolute atomic E-state index is 0.750. The molecule has 0 aromatic heterocycles. The van der Waals surface area contributed by atoms with E-state index in [1.807, 2.05) is 20.9 Å². The second-order valence-electron chi connectivity index (χ2n) is 5.02. The average Bonchev–Trinajstić information content (AvgIpc) is 2.48. The highest BCUT2D eigenvalue weighted by Gasteiger charge is 2.08. The first kappa shape index (κ1) is 18.0. The Morgan fingerprint density at radius 1 is 1.05 bits per heavy atom. The van der Waals surface area contributed by atoms with Crippen LogP contribution in [-0.4, -0.2) is 46.6 Å². The summed E-state index contributed by atoms with van der Waals surface area (Å²) in [5, 5.41) is 3.20. The second kappa shape index (κ2) is 10.6. The van der Waals surface area contributed by atoms with E-state index in [2.05, 4.69) is 35.3 Å². The fourth-order valence-corrected chi connectivity index (χ4v) is 2.27. The predicted octanol–water partition coefficient (Wildman–Crippen LogP) is 2.59. The fourth-order valence-electron chi connectivity index (χ4n) is 2.27. The van der Waals surface area contributed by atoms with Crippen molar-refractivity contribution in [2.45, 2.75) is 27.3 Å². The van der Waals surface area contributed by atoms with E-state index in [1.54, 1.807) is 0 Å². The van der Waals surface area contributed by atoms with Crippen LogP contribution in [0.2, 0.25) is 0 Å². The van der Waals surface area contributed by atoms with Gasteiger partial charge in [0.25, 0.3) is 0 Å². The third-order valence-corrected chi connectivity index (χ3v) is 3.48. The number of benzene rings is 1. The zero-order chi connectivity index (χ0) is 15.5. The van der Waals surface area contributed by atoms with Gasteiger partial charge < -0.3 is 19.7 Å². The first-order chi connectivity index (χ1) is 10.2. The van der Waals surface area contributed by atoms with Gasteiger partial charge in [-0.2, -0.15) is 0 Å². The lowest BCUT2D eigenvalue weighted by Crippen LogP contribution is -2.31. The molecule has 21 heavy (non-hydrogen) atoms. The molecule has 0 amide bonds. The fraction of sp³-hybridized carbons (Fsp3) is 0.647. The van der Waals surface area contributed by atoms with Gasteiger partial charge in [0.2, 0.25) is 0 Å². The lowest BCUT2D eigenvalue weighted by atomic mass is 10.1. The molecule has 1 aromatic rings. The van der Waals surface area contributed by atoms with Gasteiger partial charge in [0.1, 0.15) is 0 Å². The average molecular weight is 294 g/mol. The van der Waals surface area contributed by atoms with Gasteiger partial charge in [0, 0.05) is 38.5 Å². The van der Waals surface area contributed by atoms with E-state index in [-0.39, 0.29) is 0 Å². The quantitative estimate of drug-likeness (QED) is 0.636. The minimum Gasteiger partial charge on any atom is -0.380 e. The van der Waals surface area contributed by atoms with Crippen LogP contribution in [0.1, 0.15) is 25.0 Å². The molecule has 4 nitrogen and oxygen atoms in total. The highest BCUT2D eigenvalue weighted by atomic mass is 16.5. The summed E-state index contributed by atoms with van der Waals surface area (Å²) in [7, 11) is 1.98. The smallest absolute Gasteiger partial charge is 0.0641 e. The number of hydrogen-bond donors (Lipinski definition) is 1. The maximum absolute atomic E-state index is 5.49. The molecule has 0 heterocycles. The van der Waals surface area contributed by atoms with Crippen molar-refractivity contribution in [3.05, 3.63) is 29.3 Å². The Balaban J connectivity index is 2.72. The Labute approximate surface area is 129 Å². The Hall–Kier alpha value is -1.10. The summed E-state index contributed by atoms with van der Waals surface area (Å²) in [5.74, 6) is 0. The molecule has 0 bridgehead atoms.